The normalized spacial score (nSPS) is 17.9. The minimum absolute atomic E-state index is 0.00423. The van der Waals surface area contributed by atoms with Crippen molar-refractivity contribution in [3.63, 3.8) is 0 Å². The van der Waals surface area contributed by atoms with Crippen LogP contribution in [0.1, 0.15) is 44.1 Å². The lowest BCUT2D eigenvalue weighted by molar-refractivity contribution is 0.174. The highest BCUT2D eigenvalue weighted by atomic mass is 16.7. The largest absolute Gasteiger partial charge is 0.454 e. The molecule has 1 heterocycles. The number of nitrogens with one attached hydrogen (secondary N) is 1. The van der Waals surface area contributed by atoms with Gasteiger partial charge in [0.2, 0.25) is 6.79 Å². The fraction of sp³-hybridized carbons (Fsp3) is 0.588. The Bertz CT molecular complexity index is 525. The average molecular weight is 304 g/mol. The number of fused-ring (bicyclic) bond motifs is 1. The topological polar surface area (TPSA) is 50.8 Å². The number of carbonyl (C=O) groups is 1. The maximum absolute atomic E-state index is 12.3. The minimum Gasteiger partial charge on any atom is -0.454 e. The van der Waals surface area contributed by atoms with Crippen molar-refractivity contribution in [2.45, 2.75) is 51.1 Å². The van der Waals surface area contributed by atoms with Crippen LogP contribution >= 0.6 is 0 Å². The summed E-state index contributed by atoms with van der Waals surface area (Å²) in [5.74, 6) is 1.53. The summed E-state index contributed by atoms with van der Waals surface area (Å²) in [5.41, 5.74) is 1.04. The van der Waals surface area contributed by atoms with Gasteiger partial charge in [0, 0.05) is 19.6 Å². The molecule has 3 rings (SSSR count). The molecule has 0 atom stereocenters. The average Bonchev–Trinajstić information content (AvgIpc) is 2.83. The molecule has 1 aromatic carbocycles. The van der Waals surface area contributed by atoms with Crippen LogP contribution in [0.2, 0.25) is 0 Å². The summed E-state index contributed by atoms with van der Waals surface area (Å²) in [6, 6.07) is 6.15. The van der Waals surface area contributed by atoms with Crippen LogP contribution in [0.5, 0.6) is 11.5 Å². The SMILES string of the molecule is CN(Cc1ccc2c(c1)OCO2)C(=O)NC1CCCCCC1. The lowest BCUT2D eigenvalue weighted by Crippen LogP contribution is -2.42. The first-order valence-electron chi connectivity index (χ1n) is 8.12. The molecule has 120 valence electrons. The van der Waals surface area contributed by atoms with E-state index in [-0.39, 0.29) is 12.8 Å². The summed E-state index contributed by atoms with van der Waals surface area (Å²) < 4.78 is 10.7. The monoisotopic (exact) mass is 304 g/mol. The molecule has 1 aliphatic carbocycles. The van der Waals surface area contributed by atoms with Crippen LogP contribution in [0.25, 0.3) is 0 Å². The molecule has 22 heavy (non-hydrogen) atoms. The third-order valence-electron chi connectivity index (χ3n) is 4.39. The Morgan fingerprint density at radius 1 is 1.18 bits per heavy atom. The summed E-state index contributed by atoms with van der Waals surface area (Å²) in [7, 11) is 1.83. The molecule has 0 saturated heterocycles. The Hall–Kier alpha value is -1.91. The highest BCUT2D eigenvalue weighted by Gasteiger charge is 2.18. The molecule has 1 aromatic rings. The van der Waals surface area contributed by atoms with Gasteiger partial charge in [0.05, 0.1) is 0 Å². The maximum Gasteiger partial charge on any atom is 0.317 e. The number of urea groups is 1. The van der Waals surface area contributed by atoms with E-state index < -0.39 is 0 Å². The number of hydrogen-bond acceptors (Lipinski definition) is 3. The second-order valence-electron chi connectivity index (χ2n) is 6.18. The first kappa shape index (κ1) is 15.0. The Kier molecular flexibility index (Phi) is 4.71. The highest BCUT2D eigenvalue weighted by molar-refractivity contribution is 5.74. The van der Waals surface area contributed by atoms with E-state index >= 15 is 0 Å². The fourth-order valence-corrected chi connectivity index (χ4v) is 3.09. The minimum atomic E-state index is 0.00423. The number of nitrogens with zero attached hydrogens (tertiary/aromatic N) is 1. The van der Waals surface area contributed by atoms with E-state index in [1.165, 1.54) is 25.7 Å². The quantitative estimate of drug-likeness (QED) is 0.872. The second-order valence-corrected chi connectivity index (χ2v) is 6.18. The van der Waals surface area contributed by atoms with E-state index in [4.69, 9.17) is 9.47 Å². The standard InChI is InChI=1S/C17H24N2O3/c1-19(17(20)18-14-6-4-2-3-5-7-14)11-13-8-9-15-16(10-13)22-12-21-15/h8-10,14H,2-7,11-12H2,1H3,(H,18,20). The molecular formula is C17H24N2O3. The van der Waals surface area contributed by atoms with E-state index in [0.29, 0.717) is 12.6 Å². The van der Waals surface area contributed by atoms with Crippen LogP contribution in [-0.2, 0) is 6.54 Å². The number of amides is 2. The predicted octanol–water partition coefficient (Wildman–Crippen LogP) is 3.28. The zero-order valence-corrected chi connectivity index (χ0v) is 13.1. The molecule has 2 aliphatic rings. The summed E-state index contributed by atoms with van der Waals surface area (Å²) >= 11 is 0. The number of carbonyl (C=O) groups excluding carboxylic acids is 1. The smallest absolute Gasteiger partial charge is 0.317 e. The van der Waals surface area contributed by atoms with Gasteiger partial charge in [-0.25, -0.2) is 4.79 Å². The number of rotatable bonds is 3. The van der Waals surface area contributed by atoms with Gasteiger partial charge in [-0.3, -0.25) is 0 Å². The van der Waals surface area contributed by atoms with Gasteiger partial charge in [0.15, 0.2) is 11.5 Å². The molecule has 5 nitrogen and oxygen atoms in total. The van der Waals surface area contributed by atoms with E-state index in [1.807, 2.05) is 25.2 Å². The predicted molar refractivity (Wildman–Crippen MR) is 84.1 cm³/mol. The summed E-state index contributed by atoms with van der Waals surface area (Å²) in [4.78, 5) is 14.0. The van der Waals surface area contributed by atoms with Crippen LogP contribution in [0.15, 0.2) is 18.2 Å². The van der Waals surface area contributed by atoms with Gasteiger partial charge in [0.25, 0.3) is 0 Å². The van der Waals surface area contributed by atoms with Crippen molar-refractivity contribution in [1.82, 2.24) is 10.2 Å². The third-order valence-corrected chi connectivity index (χ3v) is 4.39. The Morgan fingerprint density at radius 3 is 2.68 bits per heavy atom. The second kappa shape index (κ2) is 6.90. The molecule has 0 aromatic heterocycles. The van der Waals surface area contributed by atoms with Crippen molar-refractivity contribution in [3.05, 3.63) is 23.8 Å². The maximum atomic E-state index is 12.3. The summed E-state index contributed by atoms with van der Waals surface area (Å²) in [6.45, 7) is 0.839. The molecular weight excluding hydrogens is 280 g/mol. The number of hydrogen-bond donors (Lipinski definition) is 1. The Labute approximate surface area is 131 Å². The van der Waals surface area contributed by atoms with Gasteiger partial charge < -0.3 is 19.7 Å². The van der Waals surface area contributed by atoms with Crippen molar-refractivity contribution in [3.8, 4) is 11.5 Å². The zero-order chi connectivity index (χ0) is 15.4. The van der Waals surface area contributed by atoms with Crippen molar-refractivity contribution in [2.75, 3.05) is 13.8 Å². The van der Waals surface area contributed by atoms with Crippen LogP contribution in [-0.4, -0.2) is 30.8 Å². The molecule has 0 bridgehead atoms. The van der Waals surface area contributed by atoms with Crippen molar-refractivity contribution < 1.29 is 14.3 Å². The van der Waals surface area contributed by atoms with Crippen molar-refractivity contribution >= 4 is 6.03 Å². The third kappa shape index (κ3) is 3.64. The molecule has 1 aliphatic heterocycles. The lowest BCUT2D eigenvalue weighted by Gasteiger charge is -2.23. The van der Waals surface area contributed by atoms with Crippen LogP contribution in [0.3, 0.4) is 0 Å². The molecule has 2 amide bonds. The van der Waals surface area contributed by atoms with Crippen molar-refractivity contribution in [2.24, 2.45) is 0 Å². The Morgan fingerprint density at radius 2 is 1.91 bits per heavy atom. The number of ether oxygens (including phenoxy) is 2. The van der Waals surface area contributed by atoms with Crippen LogP contribution in [0.4, 0.5) is 4.79 Å². The highest BCUT2D eigenvalue weighted by Crippen LogP contribution is 2.32. The molecule has 1 fully saturated rings. The van der Waals surface area contributed by atoms with E-state index in [9.17, 15) is 4.79 Å². The fourth-order valence-electron chi connectivity index (χ4n) is 3.09. The molecule has 1 saturated carbocycles. The summed E-state index contributed by atoms with van der Waals surface area (Å²) in [5, 5.41) is 3.16. The first-order valence-corrected chi connectivity index (χ1v) is 8.12. The van der Waals surface area contributed by atoms with E-state index in [2.05, 4.69) is 5.32 Å². The Balaban J connectivity index is 1.54. The summed E-state index contributed by atoms with van der Waals surface area (Å²) in [6.07, 6.45) is 7.22. The molecule has 5 heteroatoms. The number of benzene rings is 1. The van der Waals surface area contributed by atoms with Crippen LogP contribution < -0.4 is 14.8 Å². The molecule has 0 radical (unpaired) electrons. The van der Waals surface area contributed by atoms with Crippen molar-refractivity contribution in [1.29, 1.82) is 0 Å². The molecule has 0 unspecified atom stereocenters. The molecule has 1 N–H and O–H groups in total. The van der Waals surface area contributed by atoms with E-state index in [0.717, 1.165) is 29.9 Å². The van der Waals surface area contributed by atoms with Crippen LogP contribution in [0, 0.1) is 0 Å². The van der Waals surface area contributed by atoms with E-state index in [1.54, 1.807) is 4.90 Å². The van der Waals surface area contributed by atoms with Gasteiger partial charge >= 0.3 is 6.03 Å². The van der Waals surface area contributed by atoms with Gasteiger partial charge in [0.1, 0.15) is 0 Å². The van der Waals surface area contributed by atoms with Gasteiger partial charge in [-0.2, -0.15) is 0 Å². The first-order chi connectivity index (χ1) is 10.7. The van der Waals surface area contributed by atoms with Gasteiger partial charge in [-0.15, -0.1) is 0 Å². The zero-order valence-electron chi connectivity index (χ0n) is 13.1. The van der Waals surface area contributed by atoms with Gasteiger partial charge in [-0.1, -0.05) is 31.7 Å². The lowest BCUT2D eigenvalue weighted by atomic mass is 10.1. The van der Waals surface area contributed by atoms with Gasteiger partial charge in [-0.05, 0) is 30.5 Å². The molecule has 0 spiro atoms.